The molecule has 0 aliphatic rings. The number of nitrogens with two attached hydrogens (primary N) is 2. The number of benzene rings is 4. The Morgan fingerprint density at radius 2 is 0.800 bits per heavy atom. The Labute approximate surface area is 521 Å². The first-order chi connectivity index (χ1) is 42.8. The van der Waals surface area contributed by atoms with Crippen LogP contribution in [0.3, 0.4) is 0 Å². The lowest BCUT2D eigenvalue weighted by Crippen LogP contribution is -2.59. The normalized spacial score (nSPS) is 14.0. The fourth-order valence-electron chi connectivity index (χ4n) is 9.26. The zero-order valence-electron chi connectivity index (χ0n) is 50.5. The number of aliphatic carboxylic acids is 3. The second-order valence-corrected chi connectivity index (χ2v) is 22.1. The van der Waals surface area contributed by atoms with Crippen molar-refractivity contribution in [2.45, 2.75) is 152 Å². The van der Waals surface area contributed by atoms with Crippen LogP contribution in [0.5, 0.6) is 5.75 Å². The number of carboxylic acid groups (broad SMARTS) is 3. The van der Waals surface area contributed by atoms with Crippen LogP contribution in [-0.2, 0) is 83.2 Å². The first-order valence-corrected chi connectivity index (χ1v) is 29.5. The molecule has 9 atom stereocenters. The van der Waals surface area contributed by atoms with Crippen LogP contribution in [0.4, 0.5) is 0 Å². The van der Waals surface area contributed by atoms with Crippen LogP contribution in [0.25, 0.3) is 0 Å². The number of unbranched alkanes of at least 4 members (excludes halogenated alkanes) is 1. The second-order valence-electron chi connectivity index (χ2n) is 22.1. The molecule has 0 bridgehead atoms. The highest BCUT2D eigenvalue weighted by Crippen LogP contribution is 2.15. The van der Waals surface area contributed by atoms with Crippen molar-refractivity contribution in [3.05, 3.63) is 138 Å². The van der Waals surface area contributed by atoms with Gasteiger partial charge in [0.05, 0.1) is 12.6 Å². The molecule has 4 aromatic rings. The first kappa shape index (κ1) is 72.7. The van der Waals surface area contributed by atoms with Crippen LogP contribution in [0.15, 0.2) is 115 Å². The molecule has 90 heavy (non-hydrogen) atoms. The summed E-state index contributed by atoms with van der Waals surface area (Å²) >= 11 is 0. The second kappa shape index (κ2) is 37.8. The number of rotatable bonds is 39. The first-order valence-electron chi connectivity index (χ1n) is 29.5. The van der Waals surface area contributed by atoms with Crippen molar-refractivity contribution in [2.75, 3.05) is 13.1 Å². The van der Waals surface area contributed by atoms with E-state index in [1.807, 2.05) is 0 Å². The lowest BCUT2D eigenvalue weighted by molar-refractivity contribution is -0.142. The maximum atomic E-state index is 14.5. The highest BCUT2D eigenvalue weighted by Gasteiger charge is 2.34. The minimum atomic E-state index is -1.72. The molecule has 17 N–H and O–H groups in total. The molecule has 27 heteroatoms. The average Bonchev–Trinajstić information content (AvgIpc) is 1.40. The number of aromatic hydroxyl groups is 1. The highest BCUT2D eigenvalue weighted by molar-refractivity contribution is 5.98. The number of carbonyl (C=O) groups is 12. The van der Waals surface area contributed by atoms with Crippen LogP contribution in [0.1, 0.15) is 94.4 Å². The fraction of sp³-hybridized carbons (Fsp3) is 0.429. The van der Waals surface area contributed by atoms with Gasteiger partial charge in [-0.05, 0) is 98.7 Å². The number of amides is 9. The quantitative estimate of drug-likeness (QED) is 0.0261. The van der Waals surface area contributed by atoms with Crippen molar-refractivity contribution < 1.29 is 78.0 Å². The minimum Gasteiger partial charge on any atom is -0.508 e. The van der Waals surface area contributed by atoms with Crippen molar-refractivity contribution in [1.82, 2.24) is 47.9 Å². The highest BCUT2D eigenvalue weighted by atomic mass is 16.4. The molecular formula is C63H83N11O16. The molecule has 0 heterocycles. The standard InChI is InChI=1S/C63H83N11O16/c1-37(2)31-48(72-56(82)44(65)32-39-15-7-4-8-16-39)60(86)67-38(3)55(81)69-47(27-29-54(79)80)59(85)71-46(26-28-53(77)78)57(83)66-36-52(76)68-49(33-40-17-9-5-10-18-40)61(87)73-50(34-42-22-24-43(75)25-23-42)62(88)70-45(21-13-14-30-64)58(84)74-51(63(89)90)35-41-19-11-6-12-20-41/h4-12,15-20,22-25,37-38,44-51,75H,13-14,21,26-36,64-65H2,1-3H3,(H,66,83)(H,67,86)(H,68,76)(H,69,81)(H,70,88)(H,71,85)(H,72,82)(H,73,87)(H,74,84)(H,77,78)(H,79,80)(H,89,90)/t38-,44-,45-,46-,47-,48-,49-,50-,51-/m0/s1. The molecule has 0 aliphatic carbocycles. The lowest BCUT2D eigenvalue weighted by Gasteiger charge is -2.27. The third kappa shape index (κ3) is 26.7. The topological polar surface area (TPSA) is 446 Å². The third-order valence-corrected chi connectivity index (χ3v) is 14.1. The molecule has 0 aliphatic heterocycles. The van der Waals surface area contributed by atoms with E-state index >= 15 is 0 Å². The summed E-state index contributed by atoms with van der Waals surface area (Å²) in [5, 5.41) is 61.7. The van der Waals surface area contributed by atoms with Crippen molar-refractivity contribution in [3.63, 3.8) is 0 Å². The molecule has 4 rings (SSSR count). The van der Waals surface area contributed by atoms with Gasteiger partial charge in [0.1, 0.15) is 54.1 Å². The van der Waals surface area contributed by atoms with Crippen molar-refractivity contribution >= 4 is 71.1 Å². The molecule has 0 spiro atoms. The number of nitrogens with one attached hydrogen (secondary N) is 9. The van der Waals surface area contributed by atoms with E-state index in [1.165, 1.54) is 31.2 Å². The summed E-state index contributed by atoms with van der Waals surface area (Å²) in [4.78, 5) is 161. The Balaban J connectivity index is 1.51. The van der Waals surface area contributed by atoms with E-state index in [2.05, 4.69) is 47.9 Å². The molecule has 486 valence electrons. The maximum Gasteiger partial charge on any atom is 0.326 e. The van der Waals surface area contributed by atoms with Gasteiger partial charge in [0.25, 0.3) is 0 Å². The molecule has 0 unspecified atom stereocenters. The molecule has 0 saturated carbocycles. The van der Waals surface area contributed by atoms with E-state index in [1.54, 1.807) is 105 Å². The van der Waals surface area contributed by atoms with E-state index < -0.39 is 158 Å². The number of phenols is 1. The molecule has 0 aromatic heterocycles. The molecule has 27 nitrogen and oxygen atoms in total. The lowest BCUT2D eigenvalue weighted by atomic mass is 10.0. The summed E-state index contributed by atoms with van der Waals surface area (Å²) in [7, 11) is 0. The van der Waals surface area contributed by atoms with E-state index in [9.17, 15) is 78.0 Å². The van der Waals surface area contributed by atoms with Gasteiger partial charge in [-0.3, -0.25) is 52.7 Å². The van der Waals surface area contributed by atoms with Gasteiger partial charge in [-0.15, -0.1) is 0 Å². The SMILES string of the molecule is CC(C)C[C@H](NC(=O)[C@@H](N)Cc1ccccc1)C(=O)N[C@@H](C)C(=O)N[C@@H](CCC(=O)O)C(=O)N[C@@H](CCC(=O)O)C(=O)NCC(=O)N[C@@H](Cc1ccccc1)C(=O)N[C@@H](Cc1ccc(O)cc1)C(=O)N[C@@H](CCCCN)C(=O)N[C@@H](Cc1ccccc1)C(=O)O. The van der Waals surface area contributed by atoms with Gasteiger partial charge >= 0.3 is 17.9 Å². The molecule has 0 saturated heterocycles. The number of hydrogen-bond donors (Lipinski definition) is 15. The maximum absolute atomic E-state index is 14.5. The van der Waals surface area contributed by atoms with E-state index in [0.717, 1.165) is 5.56 Å². The predicted molar refractivity (Wildman–Crippen MR) is 328 cm³/mol. The smallest absolute Gasteiger partial charge is 0.326 e. The van der Waals surface area contributed by atoms with Crippen molar-refractivity contribution in [3.8, 4) is 5.75 Å². The van der Waals surface area contributed by atoms with E-state index in [-0.39, 0.29) is 56.7 Å². The monoisotopic (exact) mass is 1250 g/mol. The fourth-order valence-corrected chi connectivity index (χ4v) is 9.26. The van der Waals surface area contributed by atoms with Gasteiger partial charge in [-0.2, -0.15) is 0 Å². The summed E-state index contributed by atoms with van der Waals surface area (Å²) in [5.41, 5.74) is 14.3. The van der Waals surface area contributed by atoms with Crippen LogP contribution in [-0.4, -0.2) is 159 Å². The Morgan fingerprint density at radius 1 is 0.411 bits per heavy atom. The van der Waals surface area contributed by atoms with Gasteiger partial charge in [-0.1, -0.05) is 117 Å². The minimum absolute atomic E-state index is 0.0181. The van der Waals surface area contributed by atoms with E-state index in [0.29, 0.717) is 29.5 Å². The Bertz CT molecular complexity index is 3050. The third-order valence-electron chi connectivity index (χ3n) is 14.1. The average molecular weight is 1250 g/mol. The van der Waals surface area contributed by atoms with Crippen LogP contribution >= 0.6 is 0 Å². The van der Waals surface area contributed by atoms with Crippen LogP contribution in [0.2, 0.25) is 0 Å². The molecule has 9 amide bonds. The molecular weight excluding hydrogens is 1170 g/mol. The molecule has 4 aromatic carbocycles. The van der Waals surface area contributed by atoms with Gasteiger partial charge in [0.15, 0.2) is 0 Å². The number of carbonyl (C=O) groups excluding carboxylic acids is 9. The Kier molecular flexibility index (Phi) is 30.6. The summed E-state index contributed by atoms with van der Waals surface area (Å²) in [6.07, 6.45) is -1.92. The number of carboxylic acids is 3. The summed E-state index contributed by atoms with van der Waals surface area (Å²) in [6.45, 7) is 4.23. The summed E-state index contributed by atoms with van der Waals surface area (Å²) in [6, 6.07) is 18.8. The summed E-state index contributed by atoms with van der Waals surface area (Å²) in [5.74, 6) is -12.6. The number of hydrogen-bond acceptors (Lipinski definition) is 15. The largest absolute Gasteiger partial charge is 0.508 e. The van der Waals surface area contributed by atoms with Crippen LogP contribution < -0.4 is 59.3 Å². The predicted octanol–water partition coefficient (Wildman–Crippen LogP) is -0.00610. The molecule has 0 fully saturated rings. The van der Waals surface area contributed by atoms with Crippen LogP contribution in [0, 0.1) is 5.92 Å². The van der Waals surface area contributed by atoms with E-state index in [4.69, 9.17) is 11.5 Å². The Hall–Kier alpha value is -9.76. The van der Waals surface area contributed by atoms with Crippen molar-refractivity contribution in [1.29, 1.82) is 0 Å². The Morgan fingerprint density at radius 3 is 1.28 bits per heavy atom. The summed E-state index contributed by atoms with van der Waals surface area (Å²) < 4.78 is 0. The van der Waals surface area contributed by atoms with Gasteiger partial charge in [-0.25, -0.2) is 4.79 Å². The van der Waals surface area contributed by atoms with Gasteiger partial charge < -0.3 is 79.7 Å². The van der Waals surface area contributed by atoms with Crippen molar-refractivity contribution in [2.24, 2.45) is 17.4 Å². The number of phenolic OH excluding ortho intramolecular Hbond substituents is 1. The zero-order chi connectivity index (χ0) is 66.3. The van der Waals surface area contributed by atoms with Gasteiger partial charge in [0, 0.05) is 32.1 Å². The molecule has 0 radical (unpaired) electrons. The zero-order valence-corrected chi connectivity index (χ0v) is 50.5. The van der Waals surface area contributed by atoms with Gasteiger partial charge in [0.2, 0.25) is 53.2 Å².